The molecule has 4 aromatic rings. The lowest BCUT2D eigenvalue weighted by Gasteiger charge is -2.30. The van der Waals surface area contributed by atoms with Crippen LogP contribution in [0.5, 0.6) is 5.75 Å². The number of imidazole rings is 1. The maximum absolute atomic E-state index is 16.4. The number of ether oxygens (including phenoxy) is 2. The Morgan fingerprint density at radius 3 is 2.59 bits per heavy atom. The number of nitrogens with zero attached hydrogens (tertiary/aromatic N) is 5. The third-order valence-corrected chi connectivity index (χ3v) is 12.2. The highest BCUT2D eigenvalue weighted by molar-refractivity contribution is 6.04. The first-order valence-corrected chi connectivity index (χ1v) is 20.6. The zero-order valence-corrected chi connectivity index (χ0v) is 34.3. The molecule has 314 valence electrons. The summed E-state index contributed by atoms with van der Waals surface area (Å²) in [6.45, 7) is 10.4. The molecule has 2 aromatic carbocycles. The Balaban J connectivity index is 1.05. The van der Waals surface area contributed by atoms with Gasteiger partial charge >= 0.3 is 6.09 Å². The standard InChI is InChI=1S/C43H53F2N9O5/c1-7-35-54-30-11-10-23(28-18-47-39(49-28)31-9-8-12-52(31)42(56)38(22(4)5)51-43(57)58-6)13-25(30)15-32(54)36-27(45)14-24(16-34(36)59-35)29-19-48-40(50-29)33-17-26(44)20-53(33)41(55)37(46)21(2)3/h10-11,13-16,18,21-22,26,31,33,35,37-38,40,48H,7-9,12,17,19-20,46H2,1-6H3,(H,47,49)(H,51,57). The number of fused-ring (bicyclic) bond motifs is 5. The van der Waals surface area contributed by atoms with E-state index >= 15 is 4.39 Å². The van der Waals surface area contributed by atoms with Crippen molar-refractivity contribution in [2.45, 2.75) is 103 Å². The minimum Gasteiger partial charge on any atom is -0.469 e. The first kappa shape index (κ1) is 40.4. The summed E-state index contributed by atoms with van der Waals surface area (Å²) in [5.74, 6) is -0.0817. The number of alkyl halides is 1. The quantitative estimate of drug-likeness (QED) is 0.155. The van der Waals surface area contributed by atoms with Gasteiger partial charge in [0.1, 0.15) is 35.8 Å². The number of hydrogen-bond donors (Lipinski definition) is 4. The Labute approximate surface area is 341 Å². The number of likely N-dealkylation sites (tertiary alicyclic amines) is 2. The fourth-order valence-corrected chi connectivity index (χ4v) is 9.01. The topological polar surface area (TPSA) is 172 Å². The van der Waals surface area contributed by atoms with E-state index in [4.69, 9.17) is 25.2 Å². The molecule has 2 saturated heterocycles. The number of carbonyl (C=O) groups excluding carboxylic acids is 3. The summed E-state index contributed by atoms with van der Waals surface area (Å²) in [5, 5.41) is 6.90. The van der Waals surface area contributed by atoms with E-state index in [-0.39, 0.29) is 42.7 Å². The van der Waals surface area contributed by atoms with E-state index in [9.17, 15) is 18.8 Å². The van der Waals surface area contributed by atoms with Crippen molar-refractivity contribution in [3.63, 3.8) is 0 Å². The van der Waals surface area contributed by atoms with Gasteiger partial charge in [-0.3, -0.25) is 19.9 Å². The van der Waals surface area contributed by atoms with E-state index in [0.717, 1.165) is 35.0 Å². The van der Waals surface area contributed by atoms with Crippen LogP contribution in [0.3, 0.4) is 0 Å². The predicted octanol–water partition coefficient (Wildman–Crippen LogP) is 5.82. The molecule has 0 aliphatic carbocycles. The molecular formula is C43H53F2N9O5. The van der Waals surface area contributed by atoms with Gasteiger partial charge in [0.05, 0.1) is 66.2 Å². The number of halogens is 2. The minimum atomic E-state index is -1.17. The summed E-state index contributed by atoms with van der Waals surface area (Å²) in [6.07, 6.45) is 1.30. The molecule has 14 nitrogen and oxygen atoms in total. The number of carbonyl (C=O) groups is 3. The van der Waals surface area contributed by atoms with Crippen LogP contribution >= 0.6 is 0 Å². The van der Waals surface area contributed by atoms with Gasteiger partial charge in [-0.1, -0.05) is 40.7 Å². The fraction of sp³-hybridized carbons (Fsp3) is 0.512. The van der Waals surface area contributed by atoms with E-state index in [1.165, 1.54) is 18.1 Å². The second kappa shape index (κ2) is 16.0. The van der Waals surface area contributed by atoms with Gasteiger partial charge in [-0.15, -0.1) is 0 Å². The lowest BCUT2D eigenvalue weighted by Crippen LogP contribution is -2.53. The predicted molar refractivity (Wildman–Crippen MR) is 219 cm³/mol. The Kier molecular flexibility index (Phi) is 11.0. The van der Waals surface area contributed by atoms with Gasteiger partial charge in [0, 0.05) is 42.4 Å². The molecule has 2 fully saturated rings. The largest absolute Gasteiger partial charge is 0.469 e. The molecule has 0 bridgehead atoms. The molecule has 8 rings (SSSR count). The maximum Gasteiger partial charge on any atom is 0.407 e. The highest BCUT2D eigenvalue weighted by Gasteiger charge is 2.44. The van der Waals surface area contributed by atoms with Crippen molar-refractivity contribution in [2.75, 3.05) is 26.7 Å². The van der Waals surface area contributed by atoms with Crippen LogP contribution in [0.4, 0.5) is 13.6 Å². The fourth-order valence-electron chi connectivity index (χ4n) is 9.01. The molecule has 6 heterocycles. The number of nitrogens with two attached hydrogens (primary N) is 1. The van der Waals surface area contributed by atoms with Crippen LogP contribution < -0.4 is 21.1 Å². The third-order valence-electron chi connectivity index (χ3n) is 12.2. The van der Waals surface area contributed by atoms with Gasteiger partial charge in [-0.2, -0.15) is 0 Å². The Morgan fingerprint density at radius 2 is 1.86 bits per heavy atom. The van der Waals surface area contributed by atoms with Crippen molar-refractivity contribution in [1.29, 1.82) is 0 Å². The highest BCUT2D eigenvalue weighted by Crippen LogP contribution is 2.46. The van der Waals surface area contributed by atoms with Gasteiger partial charge in [-0.25, -0.2) is 18.6 Å². The van der Waals surface area contributed by atoms with Crippen LogP contribution in [0.15, 0.2) is 47.6 Å². The number of methoxy groups -OCH3 is 1. The molecular weight excluding hydrogens is 761 g/mol. The molecule has 5 N–H and O–H groups in total. The molecule has 7 atom stereocenters. The number of hydrogen-bond acceptors (Lipinski definition) is 9. The Morgan fingerprint density at radius 1 is 1.07 bits per heavy atom. The van der Waals surface area contributed by atoms with E-state index < -0.39 is 48.6 Å². The van der Waals surface area contributed by atoms with Crippen LogP contribution in [0.1, 0.15) is 84.0 Å². The summed E-state index contributed by atoms with van der Waals surface area (Å²) < 4.78 is 44.4. The number of aliphatic imine (C=N–C) groups is 1. The maximum atomic E-state index is 16.4. The van der Waals surface area contributed by atoms with Crippen LogP contribution in [0, 0.1) is 17.7 Å². The third kappa shape index (κ3) is 7.34. The summed E-state index contributed by atoms with van der Waals surface area (Å²) in [6, 6.07) is 9.05. The van der Waals surface area contributed by atoms with Crippen molar-refractivity contribution in [2.24, 2.45) is 22.6 Å². The highest BCUT2D eigenvalue weighted by atomic mass is 19.1. The smallest absolute Gasteiger partial charge is 0.407 e. The second-order valence-corrected chi connectivity index (χ2v) is 16.8. The molecule has 4 aliphatic rings. The van der Waals surface area contributed by atoms with Gasteiger partial charge < -0.3 is 39.9 Å². The van der Waals surface area contributed by atoms with Crippen molar-refractivity contribution < 1.29 is 32.6 Å². The van der Waals surface area contributed by atoms with E-state index in [2.05, 4.69) is 15.6 Å². The molecule has 0 radical (unpaired) electrons. The molecule has 0 spiro atoms. The number of alkyl carbamates (subject to hydrolysis) is 1. The SMILES string of the molecule is CCC1Oc2cc(C3=NC(C4CC(F)CN4C(=O)C(N)C(C)C)NC3)cc(F)c2-c2cc3cc(-c4cnc(C5CCCN5C(=O)C(NC(=O)OC)C(C)C)[nH]4)ccc3n21. The molecule has 2 aromatic heterocycles. The first-order valence-electron chi connectivity index (χ1n) is 20.6. The first-order chi connectivity index (χ1) is 28.3. The van der Waals surface area contributed by atoms with Gasteiger partial charge in [0.2, 0.25) is 11.8 Å². The lowest BCUT2D eigenvalue weighted by molar-refractivity contribution is -0.136. The van der Waals surface area contributed by atoms with Gasteiger partial charge in [-0.05, 0) is 55.0 Å². The van der Waals surface area contributed by atoms with Gasteiger partial charge in [0.25, 0.3) is 0 Å². The molecule has 3 amide bonds. The zero-order valence-electron chi connectivity index (χ0n) is 34.3. The van der Waals surface area contributed by atoms with Crippen LogP contribution in [-0.4, -0.2) is 105 Å². The molecule has 7 unspecified atom stereocenters. The number of aromatic nitrogens is 3. The molecule has 0 saturated carbocycles. The van der Waals surface area contributed by atoms with Crippen molar-refractivity contribution in [1.82, 2.24) is 35.0 Å². The summed E-state index contributed by atoms with van der Waals surface area (Å²) in [5.41, 5.74) is 10.9. The molecule has 59 heavy (non-hydrogen) atoms. The van der Waals surface area contributed by atoms with Crippen molar-refractivity contribution in [3.8, 4) is 28.3 Å². The second-order valence-electron chi connectivity index (χ2n) is 16.8. The molecule has 16 heteroatoms. The van der Waals surface area contributed by atoms with E-state index in [1.807, 2.05) is 69.5 Å². The Hall–Kier alpha value is -5.35. The van der Waals surface area contributed by atoms with Crippen LogP contribution in [0.2, 0.25) is 0 Å². The minimum absolute atomic E-state index is 0.0235. The van der Waals surface area contributed by atoms with Gasteiger partial charge in [0.15, 0.2) is 6.23 Å². The molecule has 4 aliphatic heterocycles. The zero-order chi connectivity index (χ0) is 41.9. The number of benzene rings is 2. The lowest BCUT2D eigenvalue weighted by atomic mass is 10.0. The monoisotopic (exact) mass is 813 g/mol. The van der Waals surface area contributed by atoms with E-state index in [1.54, 1.807) is 11.1 Å². The normalized spacial score (nSPS) is 23.6. The summed E-state index contributed by atoms with van der Waals surface area (Å²) >= 11 is 0. The van der Waals surface area contributed by atoms with Crippen LogP contribution in [0.25, 0.3) is 33.4 Å². The average Bonchev–Trinajstić information content (AvgIpc) is 4.07. The summed E-state index contributed by atoms with van der Waals surface area (Å²) in [4.78, 5) is 55.2. The van der Waals surface area contributed by atoms with Crippen LogP contribution in [-0.2, 0) is 14.3 Å². The number of aromatic amines is 1. The summed E-state index contributed by atoms with van der Waals surface area (Å²) in [7, 11) is 1.27. The van der Waals surface area contributed by atoms with Crippen molar-refractivity contribution >= 4 is 34.5 Å². The number of nitrogens with one attached hydrogen (secondary N) is 3. The number of rotatable bonds is 10. The Bertz CT molecular complexity index is 2310. The van der Waals surface area contributed by atoms with E-state index in [0.29, 0.717) is 53.6 Å². The van der Waals surface area contributed by atoms with Crippen molar-refractivity contribution in [3.05, 3.63) is 59.8 Å². The number of H-pyrrole nitrogens is 1. The average molecular weight is 814 g/mol. The number of amides is 3.